The third-order valence-electron chi connectivity index (χ3n) is 2.26. The van der Waals surface area contributed by atoms with Crippen molar-refractivity contribution in [2.24, 2.45) is 0 Å². The second-order valence-corrected chi connectivity index (χ2v) is 3.93. The van der Waals surface area contributed by atoms with Gasteiger partial charge >= 0.3 is 0 Å². The number of rotatable bonds is 3. The lowest BCUT2D eigenvalue weighted by Gasteiger charge is -2.22. The molecule has 0 saturated carbocycles. The van der Waals surface area contributed by atoms with Crippen molar-refractivity contribution in [3.05, 3.63) is 39.7 Å². The van der Waals surface area contributed by atoms with Gasteiger partial charge < -0.3 is 5.11 Å². The molecule has 1 rings (SSSR count). The highest BCUT2D eigenvalue weighted by Gasteiger charge is 2.31. The molecule has 0 spiro atoms. The lowest BCUT2D eigenvalue weighted by molar-refractivity contribution is -0.386. The van der Waals surface area contributed by atoms with Crippen molar-refractivity contribution in [1.29, 1.82) is 0 Å². The Kier molecular flexibility index (Phi) is 3.04. The first-order valence-corrected chi connectivity index (χ1v) is 4.44. The maximum absolute atomic E-state index is 13.5. The Hall–Kier alpha value is -1.49. The molecule has 1 aromatic rings. The summed E-state index contributed by atoms with van der Waals surface area (Å²) < 4.78 is 13.5. The molecule has 0 aliphatic heterocycles. The first-order chi connectivity index (χ1) is 6.90. The van der Waals surface area contributed by atoms with Crippen LogP contribution >= 0.6 is 0 Å². The molecule has 0 aliphatic rings. The van der Waals surface area contributed by atoms with E-state index in [1.54, 1.807) is 13.8 Å². The highest BCUT2D eigenvalue weighted by atomic mass is 19.1. The van der Waals surface area contributed by atoms with Gasteiger partial charge in [0.15, 0.2) is 0 Å². The highest BCUT2D eigenvalue weighted by Crippen LogP contribution is 2.33. The van der Waals surface area contributed by atoms with Crippen LogP contribution < -0.4 is 0 Å². The number of nitrogens with zero attached hydrogens (tertiary/aromatic N) is 1. The molecule has 5 heteroatoms. The molecule has 0 aliphatic carbocycles. The Morgan fingerprint density at radius 3 is 2.60 bits per heavy atom. The number of benzene rings is 1. The third-order valence-corrected chi connectivity index (χ3v) is 2.26. The van der Waals surface area contributed by atoms with Crippen LogP contribution in [0.4, 0.5) is 10.1 Å². The third kappa shape index (κ3) is 2.12. The lowest BCUT2D eigenvalue weighted by atomic mass is 9.84. The molecule has 0 unspecified atom stereocenters. The summed E-state index contributed by atoms with van der Waals surface area (Å²) in [6.45, 7) is 2.76. The molecular formula is C10H12FNO3. The number of hydrogen-bond donors (Lipinski definition) is 1. The number of nitro benzene ring substituents is 1. The van der Waals surface area contributed by atoms with E-state index >= 15 is 0 Å². The van der Waals surface area contributed by atoms with E-state index in [1.807, 2.05) is 0 Å². The molecule has 82 valence electrons. The van der Waals surface area contributed by atoms with Crippen molar-refractivity contribution in [3.63, 3.8) is 0 Å². The summed E-state index contributed by atoms with van der Waals surface area (Å²) in [5, 5.41) is 19.8. The summed E-state index contributed by atoms with van der Waals surface area (Å²) in [6, 6.07) is 3.67. The fraction of sp³-hybridized carbons (Fsp3) is 0.400. The predicted molar refractivity (Wildman–Crippen MR) is 53.2 cm³/mol. The Morgan fingerprint density at radius 1 is 1.53 bits per heavy atom. The molecule has 0 fully saturated rings. The van der Waals surface area contributed by atoms with Crippen LogP contribution in [0.25, 0.3) is 0 Å². The quantitative estimate of drug-likeness (QED) is 0.617. The van der Waals surface area contributed by atoms with Crippen molar-refractivity contribution < 1.29 is 14.4 Å². The lowest BCUT2D eigenvalue weighted by Crippen LogP contribution is -2.25. The maximum atomic E-state index is 13.5. The zero-order valence-corrected chi connectivity index (χ0v) is 8.53. The SMILES string of the molecule is CC(C)(CO)c1c(F)cccc1[N+](=O)[O-]. The minimum atomic E-state index is -0.965. The van der Waals surface area contributed by atoms with Crippen molar-refractivity contribution in [2.45, 2.75) is 19.3 Å². The Morgan fingerprint density at radius 2 is 2.13 bits per heavy atom. The summed E-state index contributed by atoms with van der Waals surface area (Å²) >= 11 is 0. The minimum absolute atomic E-state index is 0.0579. The van der Waals surface area contributed by atoms with Crippen LogP contribution in [-0.4, -0.2) is 16.6 Å². The maximum Gasteiger partial charge on any atom is 0.276 e. The van der Waals surface area contributed by atoms with Gasteiger partial charge in [-0.15, -0.1) is 0 Å². The molecule has 0 saturated heterocycles. The standard InChI is InChI=1S/C10H12FNO3/c1-10(2,6-13)9-7(11)4-3-5-8(9)12(14)15/h3-5,13H,6H2,1-2H3. The topological polar surface area (TPSA) is 63.4 Å². The summed E-state index contributed by atoms with van der Waals surface area (Å²) in [5.41, 5.74) is -1.32. The monoisotopic (exact) mass is 213 g/mol. The molecule has 0 aromatic heterocycles. The molecule has 0 amide bonds. The summed E-state index contributed by atoms with van der Waals surface area (Å²) in [5.74, 6) is -0.664. The largest absolute Gasteiger partial charge is 0.395 e. The number of hydrogen-bond acceptors (Lipinski definition) is 3. The van der Waals surface area contributed by atoms with E-state index in [0.29, 0.717) is 0 Å². The molecule has 0 atom stereocenters. The summed E-state index contributed by atoms with van der Waals surface area (Å²) in [7, 11) is 0. The summed E-state index contributed by atoms with van der Waals surface area (Å²) in [4.78, 5) is 10.1. The molecule has 0 heterocycles. The van der Waals surface area contributed by atoms with Gasteiger partial charge in [0.25, 0.3) is 5.69 Å². The normalized spacial score (nSPS) is 11.5. The summed E-state index contributed by atoms with van der Waals surface area (Å²) in [6.07, 6.45) is 0. The van der Waals surface area contributed by atoms with Gasteiger partial charge in [-0.05, 0) is 6.07 Å². The average Bonchev–Trinajstić information content (AvgIpc) is 2.17. The van der Waals surface area contributed by atoms with E-state index in [1.165, 1.54) is 12.1 Å². The van der Waals surface area contributed by atoms with Crippen LogP contribution in [0.2, 0.25) is 0 Å². The van der Waals surface area contributed by atoms with Gasteiger partial charge in [-0.2, -0.15) is 0 Å². The minimum Gasteiger partial charge on any atom is -0.395 e. The highest BCUT2D eigenvalue weighted by molar-refractivity contribution is 5.45. The van der Waals surface area contributed by atoms with Gasteiger partial charge in [0.05, 0.1) is 17.1 Å². The van der Waals surface area contributed by atoms with Crippen molar-refractivity contribution in [2.75, 3.05) is 6.61 Å². The fourth-order valence-corrected chi connectivity index (χ4v) is 1.41. The van der Waals surface area contributed by atoms with E-state index in [4.69, 9.17) is 5.11 Å². The van der Waals surface area contributed by atoms with E-state index < -0.39 is 16.2 Å². The molecule has 1 N–H and O–H groups in total. The molecular weight excluding hydrogens is 201 g/mol. The van der Waals surface area contributed by atoms with Gasteiger partial charge in [-0.3, -0.25) is 10.1 Å². The molecule has 0 radical (unpaired) electrons. The number of aliphatic hydroxyl groups is 1. The van der Waals surface area contributed by atoms with Crippen LogP contribution in [0, 0.1) is 15.9 Å². The van der Waals surface area contributed by atoms with Crippen LogP contribution in [0.1, 0.15) is 19.4 Å². The van der Waals surface area contributed by atoms with E-state index in [0.717, 1.165) is 6.07 Å². The van der Waals surface area contributed by atoms with E-state index in [-0.39, 0.29) is 17.9 Å². The molecule has 1 aromatic carbocycles. The predicted octanol–water partition coefficient (Wildman–Crippen LogP) is 2.00. The van der Waals surface area contributed by atoms with E-state index in [2.05, 4.69) is 0 Å². The number of aliphatic hydroxyl groups excluding tert-OH is 1. The Bertz CT molecular complexity index is 390. The average molecular weight is 213 g/mol. The van der Waals surface area contributed by atoms with Gasteiger partial charge in [-0.25, -0.2) is 4.39 Å². The first kappa shape index (κ1) is 11.6. The van der Waals surface area contributed by atoms with Gasteiger partial charge in [0, 0.05) is 11.5 Å². The van der Waals surface area contributed by atoms with Crippen LogP contribution in [0.15, 0.2) is 18.2 Å². The van der Waals surface area contributed by atoms with Crippen molar-refractivity contribution in [3.8, 4) is 0 Å². The van der Waals surface area contributed by atoms with E-state index in [9.17, 15) is 14.5 Å². The van der Waals surface area contributed by atoms with Gasteiger partial charge in [-0.1, -0.05) is 19.9 Å². The Balaban J connectivity index is 3.44. The number of nitro groups is 1. The van der Waals surface area contributed by atoms with Gasteiger partial charge in [0.2, 0.25) is 0 Å². The van der Waals surface area contributed by atoms with Gasteiger partial charge in [0.1, 0.15) is 5.82 Å². The Labute approximate surface area is 86.5 Å². The van der Waals surface area contributed by atoms with Crippen LogP contribution in [0.5, 0.6) is 0 Å². The van der Waals surface area contributed by atoms with Crippen LogP contribution in [-0.2, 0) is 5.41 Å². The molecule has 0 bridgehead atoms. The fourth-order valence-electron chi connectivity index (χ4n) is 1.41. The smallest absolute Gasteiger partial charge is 0.276 e. The molecule has 4 nitrogen and oxygen atoms in total. The zero-order valence-electron chi connectivity index (χ0n) is 8.53. The second-order valence-electron chi connectivity index (χ2n) is 3.93. The van der Waals surface area contributed by atoms with Crippen LogP contribution in [0.3, 0.4) is 0 Å². The zero-order chi connectivity index (χ0) is 11.6. The first-order valence-electron chi connectivity index (χ1n) is 4.44. The number of halogens is 1. The van der Waals surface area contributed by atoms with Crippen molar-refractivity contribution in [1.82, 2.24) is 0 Å². The van der Waals surface area contributed by atoms with Crippen molar-refractivity contribution >= 4 is 5.69 Å². The molecule has 15 heavy (non-hydrogen) atoms. The second kappa shape index (κ2) is 3.94.